The van der Waals surface area contributed by atoms with Crippen molar-refractivity contribution in [3.05, 3.63) is 47.0 Å². The molecule has 156 valence electrons. The van der Waals surface area contributed by atoms with E-state index in [0.717, 1.165) is 33.5 Å². The maximum absolute atomic E-state index is 4.72. The van der Waals surface area contributed by atoms with Crippen LogP contribution in [0.1, 0.15) is 11.3 Å². The van der Waals surface area contributed by atoms with Crippen LogP contribution in [0.2, 0.25) is 0 Å². The number of fused-ring (bicyclic) bond motifs is 1. The van der Waals surface area contributed by atoms with Gasteiger partial charge in [0, 0.05) is 52.5 Å². The number of hydrogen-bond acceptors (Lipinski definition) is 6. The summed E-state index contributed by atoms with van der Waals surface area (Å²) in [5.74, 6) is 1.68. The number of benzene rings is 1. The summed E-state index contributed by atoms with van der Waals surface area (Å²) in [5, 5.41) is 10.9. The minimum Gasteiger partial charge on any atom is -0.363 e. The van der Waals surface area contributed by atoms with Gasteiger partial charge in [0.05, 0.1) is 17.8 Å². The Labute approximate surface area is 193 Å². The highest BCUT2D eigenvalue weighted by molar-refractivity contribution is 14.0. The molecular weight excluding hydrogens is 497 g/mol. The maximum Gasteiger partial charge on any atom is 0.191 e. The van der Waals surface area contributed by atoms with Crippen LogP contribution >= 0.6 is 35.3 Å². The van der Waals surface area contributed by atoms with Crippen molar-refractivity contribution in [2.75, 3.05) is 45.0 Å². The van der Waals surface area contributed by atoms with E-state index in [9.17, 15) is 0 Å². The van der Waals surface area contributed by atoms with E-state index in [2.05, 4.69) is 38.1 Å². The van der Waals surface area contributed by atoms with Crippen LogP contribution in [-0.4, -0.2) is 51.2 Å². The van der Waals surface area contributed by atoms with Crippen LogP contribution in [0, 0.1) is 0 Å². The largest absolute Gasteiger partial charge is 0.363 e. The summed E-state index contributed by atoms with van der Waals surface area (Å²) < 4.78 is 0. The van der Waals surface area contributed by atoms with Crippen molar-refractivity contribution in [1.29, 1.82) is 0 Å². The van der Waals surface area contributed by atoms with Gasteiger partial charge in [-0.1, -0.05) is 18.2 Å². The predicted molar refractivity (Wildman–Crippen MR) is 135 cm³/mol. The smallest absolute Gasteiger partial charge is 0.191 e. The molecule has 7 nitrogen and oxygen atoms in total. The van der Waals surface area contributed by atoms with Crippen molar-refractivity contribution in [2.24, 2.45) is 4.99 Å². The number of pyridine rings is 1. The number of aliphatic imine (C=N–C) groups is 1. The van der Waals surface area contributed by atoms with Crippen LogP contribution in [0.15, 0.2) is 40.7 Å². The van der Waals surface area contributed by atoms with Gasteiger partial charge in [0.25, 0.3) is 0 Å². The Bertz CT molecular complexity index is 968. The molecule has 0 spiro atoms. The SMILES string of the molecule is CN=C(NCc1csc(N(C)C)n1)NCc1cc(N(C)C)nc2ccccc12.I. The molecule has 0 aliphatic carbocycles. The molecule has 1 aromatic carbocycles. The van der Waals surface area contributed by atoms with Crippen molar-refractivity contribution < 1.29 is 0 Å². The first-order chi connectivity index (χ1) is 13.5. The van der Waals surface area contributed by atoms with E-state index in [-0.39, 0.29) is 24.0 Å². The molecule has 2 aromatic heterocycles. The molecule has 0 aliphatic heterocycles. The zero-order valence-corrected chi connectivity index (χ0v) is 20.6. The fraction of sp³-hybridized carbons (Fsp3) is 0.350. The second kappa shape index (κ2) is 10.6. The van der Waals surface area contributed by atoms with Crippen LogP contribution in [0.25, 0.3) is 10.9 Å². The van der Waals surface area contributed by atoms with Crippen molar-refractivity contribution in [3.63, 3.8) is 0 Å². The Balaban J connectivity index is 0.00000300. The molecule has 0 fully saturated rings. The standard InChI is InChI=1S/C20H27N7S.HI/c1-21-19(23-12-15-13-28-20(24-15)27(4)5)22-11-14-10-18(26(2)3)25-17-9-7-6-8-16(14)17;/h6-10,13H,11-12H2,1-5H3,(H2,21,22,23);1H. The zero-order valence-electron chi connectivity index (χ0n) is 17.4. The summed E-state index contributed by atoms with van der Waals surface area (Å²) in [4.78, 5) is 17.7. The summed E-state index contributed by atoms with van der Waals surface area (Å²) >= 11 is 1.64. The van der Waals surface area contributed by atoms with Crippen molar-refractivity contribution in [1.82, 2.24) is 20.6 Å². The number of guanidine groups is 1. The Kier molecular flexibility index (Phi) is 8.45. The van der Waals surface area contributed by atoms with Gasteiger partial charge in [0.1, 0.15) is 5.82 Å². The molecule has 0 amide bonds. The number of halogens is 1. The summed E-state index contributed by atoms with van der Waals surface area (Å²) in [6.07, 6.45) is 0. The molecule has 9 heteroatoms. The number of aromatic nitrogens is 2. The van der Waals surface area contributed by atoms with E-state index in [1.54, 1.807) is 18.4 Å². The third kappa shape index (κ3) is 5.92. The lowest BCUT2D eigenvalue weighted by molar-refractivity contribution is 0.799. The third-order valence-electron chi connectivity index (χ3n) is 4.28. The Hall–Kier alpha value is -2.14. The van der Waals surface area contributed by atoms with Gasteiger partial charge in [-0.15, -0.1) is 35.3 Å². The molecule has 2 N–H and O–H groups in total. The van der Waals surface area contributed by atoms with E-state index in [1.165, 1.54) is 5.56 Å². The van der Waals surface area contributed by atoms with E-state index in [4.69, 9.17) is 4.98 Å². The first-order valence-corrected chi connectivity index (χ1v) is 9.98. The molecule has 0 radical (unpaired) electrons. The number of nitrogens with one attached hydrogen (secondary N) is 2. The van der Waals surface area contributed by atoms with Gasteiger partial charge in [-0.25, -0.2) is 9.97 Å². The monoisotopic (exact) mass is 525 g/mol. The summed E-state index contributed by atoms with van der Waals surface area (Å²) in [6, 6.07) is 10.3. The average Bonchev–Trinajstić information content (AvgIpc) is 3.17. The molecule has 0 saturated heterocycles. The van der Waals surface area contributed by atoms with Crippen LogP contribution < -0.4 is 20.4 Å². The molecule has 0 saturated carbocycles. The van der Waals surface area contributed by atoms with E-state index in [1.807, 2.05) is 56.2 Å². The summed E-state index contributed by atoms with van der Waals surface area (Å²) in [6.45, 7) is 1.29. The van der Waals surface area contributed by atoms with Gasteiger partial charge in [0.15, 0.2) is 11.1 Å². The summed E-state index contributed by atoms with van der Waals surface area (Å²) in [7, 11) is 9.78. The lowest BCUT2D eigenvalue weighted by atomic mass is 10.1. The van der Waals surface area contributed by atoms with Gasteiger partial charge < -0.3 is 20.4 Å². The molecule has 3 aromatic rings. The van der Waals surface area contributed by atoms with Gasteiger partial charge in [-0.3, -0.25) is 4.99 Å². The van der Waals surface area contributed by atoms with E-state index in [0.29, 0.717) is 13.1 Å². The van der Waals surface area contributed by atoms with E-state index < -0.39 is 0 Å². The van der Waals surface area contributed by atoms with Crippen LogP contribution in [0.4, 0.5) is 10.9 Å². The average molecular weight is 525 g/mol. The molecule has 0 atom stereocenters. The van der Waals surface area contributed by atoms with E-state index >= 15 is 0 Å². The molecule has 3 rings (SSSR count). The number of anilines is 2. The van der Waals surface area contributed by atoms with Gasteiger partial charge >= 0.3 is 0 Å². The van der Waals surface area contributed by atoms with Crippen LogP contribution in [0.3, 0.4) is 0 Å². The fourth-order valence-corrected chi connectivity index (χ4v) is 3.52. The Morgan fingerprint density at radius 2 is 1.76 bits per heavy atom. The Morgan fingerprint density at radius 3 is 2.41 bits per heavy atom. The highest BCUT2D eigenvalue weighted by atomic mass is 127. The van der Waals surface area contributed by atoms with Gasteiger partial charge in [0.2, 0.25) is 0 Å². The lowest BCUT2D eigenvalue weighted by Gasteiger charge is -2.16. The van der Waals surface area contributed by atoms with Crippen LogP contribution in [-0.2, 0) is 13.1 Å². The molecule has 29 heavy (non-hydrogen) atoms. The number of hydrogen-bond donors (Lipinski definition) is 2. The quantitative estimate of drug-likeness (QED) is 0.293. The number of rotatable bonds is 6. The Morgan fingerprint density at radius 1 is 1.03 bits per heavy atom. The molecule has 2 heterocycles. The predicted octanol–water partition coefficient (Wildman–Crippen LogP) is 3.31. The third-order valence-corrected chi connectivity index (χ3v) is 5.33. The minimum atomic E-state index is 0. The summed E-state index contributed by atoms with van der Waals surface area (Å²) in [5.41, 5.74) is 3.17. The van der Waals surface area contributed by atoms with Gasteiger partial charge in [-0.05, 0) is 17.7 Å². The molecule has 0 unspecified atom stereocenters. The van der Waals surface area contributed by atoms with Crippen molar-refractivity contribution in [2.45, 2.75) is 13.1 Å². The normalized spacial score (nSPS) is 11.1. The maximum atomic E-state index is 4.72. The number of nitrogens with zero attached hydrogens (tertiary/aromatic N) is 5. The topological polar surface area (TPSA) is 68.7 Å². The van der Waals surface area contributed by atoms with Gasteiger partial charge in [-0.2, -0.15) is 0 Å². The highest BCUT2D eigenvalue weighted by Crippen LogP contribution is 2.22. The first kappa shape index (κ1) is 23.1. The number of thiazole rings is 1. The second-order valence-electron chi connectivity index (χ2n) is 6.85. The molecule has 0 aliphatic rings. The minimum absolute atomic E-state index is 0. The van der Waals surface area contributed by atoms with Crippen LogP contribution in [0.5, 0.6) is 0 Å². The van der Waals surface area contributed by atoms with Crippen molar-refractivity contribution in [3.8, 4) is 0 Å². The fourth-order valence-electron chi connectivity index (χ4n) is 2.76. The first-order valence-electron chi connectivity index (χ1n) is 9.10. The zero-order chi connectivity index (χ0) is 20.1. The van der Waals surface area contributed by atoms with Crippen molar-refractivity contribution >= 4 is 63.1 Å². The highest BCUT2D eigenvalue weighted by Gasteiger charge is 2.09. The molecule has 0 bridgehead atoms. The lowest BCUT2D eigenvalue weighted by Crippen LogP contribution is -2.36. The second-order valence-corrected chi connectivity index (χ2v) is 7.68. The molecular formula is C20H28IN7S. The number of para-hydroxylation sites is 1.